The Balaban J connectivity index is 1.97. The molecule has 1 aliphatic rings. The Morgan fingerprint density at radius 1 is 1.37 bits per heavy atom. The Bertz CT molecular complexity index is 1110. The number of nitriles is 1. The van der Waals surface area contributed by atoms with Crippen molar-refractivity contribution in [1.82, 2.24) is 9.55 Å². The summed E-state index contributed by atoms with van der Waals surface area (Å²) in [7, 11) is 0. The second-order valence-corrected chi connectivity index (χ2v) is 8.79. The largest absolute Gasteiger partial charge is 0.268 e. The first kappa shape index (κ1) is 18.2. The lowest BCUT2D eigenvalue weighted by Gasteiger charge is -2.14. The Labute approximate surface area is 164 Å². The molecule has 0 spiro atoms. The summed E-state index contributed by atoms with van der Waals surface area (Å²) in [5, 5.41) is 10.1. The molecular formula is C20H18FN3OS2. The zero-order chi connectivity index (χ0) is 19.0. The predicted octanol–water partition coefficient (Wildman–Crippen LogP) is 4.72. The summed E-state index contributed by atoms with van der Waals surface area (Å²) in [5.41, 5.74) is 1.09. The summed E-state index contributed by atoms with van der Waals surface area (Å²) in [6, 6.07) is 8.45. The van der Waals surface area contributed by atoms with Crippen molar-refractivity contribution in [2.75, 3.05) is 5.75 Å². The molecule has 27 heavy (non-hydrogen) atoms. The minimum Gasteiger partial charge on any atom is -0.268 e. The van der Waals surface area contributed by atoms with Gasteiger partial charge in [-0.3, -0.25) is 9.36 Å². The Morgan fingerprint density at radius 2 is 2.15 bits per heavy atom. The molecule has 4 rings (SSSR count). The number of nitrogens with zero attached hydrogens (tertiary/aromatic N) is 3. The van der Waals surface area contributed by atoms with E-state index in [9.17, 15) is 9.18 Å². The van der Waals surface area contributed by atoms with Crippen molar-refractivity contribution >= 4 is 33.3 Å². The number of thioether (sulfide) groups is 1. The van der Waals surface area contributed by atoms with Crippen molar-refractivity contribution in [3.8, 4) is 11.8 Å². The van der Waals surface area contributed by atoms with Crippen LogP contribution in [0.4, 0.5) is 4.39 Å². The lowest BCUT2D eigenvalue weighted by Crippen LogP contribution is -2.23. The van der Waals surface area contributed by atoms with Crippen LogP contribution in [-0.4, -0.2) is 15.3 Å². The van der Waals surface area contributed by atoms with Gasteiger partial charge < -0.3 is 0 Å². The fourth-order valence-corrected chi connectivity index (χ4v) is 5.61. The van der Waals surface area contributed by atoms with Crippen LogP contribution in [-0.2, 0) is 12.8 Å². The van der Waals surface area contributed by atoms with Crippen molar-refractivity contribution in [3.05, 3.63) is 50.9 Å². The molecule has 7 heteroatoms. The van der Waals surface area contributed by atoms with Gasteiger partial charge in [-0.2, -0.15) is 5.26 Å². The van der Waals surface area contributed by atoms with E-state index in [0.29, 0.717) is 16.3 Å². The number of aromatic nitrogens is 2. The van der Waals surface area contributed by atoms with Crippen LogP contribution in [0.15, 0.2) is 34.2 Å². The van der Waals surface area contributed by atoms with Gasteiger partial charge in [-0.1, -0.05) is 23.9 Å². The second kappa shape index (κ2) is 7.45. The summed E-state index contributed by atoms with van der Waals surface area (Å²) < 4.78 is 15.9. The van der Waals surface area contributed by atoms with Gasteiger partial charge in [0.2, 0.25) is 0 Å². The average Bonchev–Trinajstić information content (AvgIpc) is 3.05. The lowest BCUT2D eigenvalue weighted by molar-refractivity contribution is 0.608. The van der Waals surface area contributed by atoms with Gasteiger partial charge in [0.1, 0.15) is 10.6 Å². The van der Waals surface area contributed by atoms with E-state index in [1.165, 1.54) is 27.3 Å². The first-order valence-electron chi connectivity index (χ1n) is 8.94. The van der Waals surface area contributed by atoms with Crippen molar-refractivity contribution in [2.45, 2.75) is 37.8 Å². The van der Waals surface area contributed by atoms with Crippen LogP contribution in [0.2, 0.25) is 0 Å². The number of hydrogen-bond donors (Lipinski definition) is 0. The number of aryl methyl sites for hydroxylation is 2. The minimum atomic E-state index is -0.458. The Morgan fingerprint density at radius 3 is 2.93 bits per heavy atom. The van der Waals surface area contributed by atoms with Gasteiger partial charge in [-0.15, -0.1) is 11.3 Å². The van der Waals surface area contributed by atoms with Gasteiger partial charge in [0, 0.05) is 10.6 Å². The number of para-hydroxylation sites is 1. The summed E-state index contributed by atoms with van der Waals surface area (Å²) in [5.74, 6) is -0.151. The molecule has 1 atom stereocenters. The lowest BCUT2D eigenvalue weighted by atomic mass is 9.97. The number of halogens is 1. The quantitative estimate of drug-likeness (QED) is 0.471. The molecular weight excluding hydrogens is 381 g/mol. The average molecular weight is 400 g/mol. The molecule has 0 bridgehead atoms. The van der Waals surface area contributed by atoms with Gasteiger partial charge in [0.05, 0.1) is 23.1 Å². The van der Waals surface area contributed by atoms with Crippen LogP contribution in [0.1, 0.15) is 30.2 Å². The number of benzene rings is 1. The molecule has 138 valence electrons. The van der Waals surface area contributed by atoms with Gasteiger partial charge >= 0.3 is 0 Å². The second-order valence-electron chi connectivity index (χ2n) is 6.72. The van der Waals surface area contributed by atoms with Crippen molar-refractivity contribution < 1.29 is 4.39 Å². The third kappa shape index (κ3) is 3.28. The maximum atomic E-state index is 14.5. The summed E-state index contributed by atoms with van der Waals surface area (Å²) in [4.78, 5) is 20.1. The van der Waals surface area contributed by atoms with Gasteiger partial charge in [-0.05, 0) is 50.3 Å². The normalized spacial score (nSPS) is 14.7. The van der Waals surface area contributed by atoms with Crippen molar-refractivity contribution in [1.29, 1.82) is 5.26 Å². The van der Waals surface area contributed by atoms with E-state index < -0.39 is 5.82 Å². The maximum Gasteiger partial charge on any atom is 0.267 e. The summed E-state index contributed by atoms with van der Waals surface area (Å²) in [6.45, 7) is 1.82. The zero-order valence-corrected chi connectivity index (χ0v) is 16.5. The van der Waals surface area contributed by atoms with Crippen LogP contribution in [0.25, 0.3) is 15.9 Å². The minimum absolute atomic E-state index is 0.187. The van der Waals surface area contributed by atoms with Gasteiger partial charge in [-0.25, -0.2) is 9.37 Å². The van der Waals surface area contributed by atoms with E-state index in [1.54, 1.807) is 29.5 Å². The molecule has 0 saturated carbocycles. The maximum absolute atomic E-state index is 14.5. The number of hydrogen-bond acceptors (Lipinski definition) is 5. The molecule has 1 aliphatic carbocycles. The highest BCUT2D eigenvalue weighted by molar-refractivity contribution is 7.99. The standard InChI is InChI=1S/C20H18FN3OS2/c1-12(10-22)11-26-20-23-18-17(13-6-2-5-9-16(13)27-18)19(25)24(20)15-8-4-3-7-14(15)21/h3-4,7-8,12H,2,5-6,9,11H2,1H3/t12-/m0/s1. The van der Waals surface area contributed by atoms with E-state index in [1.807, 2.05) is 6.92 Å². The van der Waals surface area contributed by atoms with Crippen LogP contribution < -0.4 is 5.56 Å². The Hall–Kier alpha value is -2.17. The first-order chi connectivity index (χ1) is 13.1. The van der Waals surface area contributed by atoms with E-state index in [4.69, 9.17) is 10.2 Å². The molecule has 2 aromatic heterocycles. The SMILES string of the molecule is C[C@@H](C#N)CSc1nc2sc3c(c2c(=O)n1-c1ccccc1F)CCCC3. The highest BCUT2D eigenvalue weighted by atomic mass is 32.2. The molecule has 0 amide bonds. The third-order valence-corrected chi connectivity index (χ3v) is 7.12. The fourth-order valence-electron chi connectivity index (χ4n) is 3.37. The smallest absolute Gasteiger partial charge is 0.267 e. The van der Waals surface area contributed by atoms with E-state index >= 15 is 0 Å². The van der Waals surface area contributed by atoms with Crippen LogP contribution in [0.3, 0.4) is 0 Å². The van der Waals surface area contributed by atoms with E-state index in [-0.39, 0.29) is 17.2 Å². The van der Waals surface area contributed by atoms with E-state index in [2.05, 4.69) is 6.07 Å². The van der Waals surface area contributed by atoms with E-state index in [0.717, 1.165) is 36.1 Å². The monoisotopic (exact) mass is 399 g/mol. The molecule has 0 aliphatic heterocycles. The molecule has 3 aromatic rings. The first-order valence-corrected chi connectivity index (χ1v) is 10.7. The predicted molar refractivity (Wildman–Crippen MR) is 107 cm³/mol. The molecule has 1 aromatic carbocycles. The van der Waals surface area contributed by atoms with Gasteiger partial charge in [0.25, 0.3) is 5.56 Å². The van der Waals surface area contributed by atoms with Crippen LogP contribution in [0.5, 0.6) is 0 Å². The molecule has 0 fully saturated rings. The highest BCUT2D eigenvalue weighted by Crippen LogP contribution is 2.35. The Kier molecular flexibility index (Phi) is 5.02. The molecule has 0 unspecified atom stereocenters. The highest BCUT2D eigenvalue weighted by Gasteiger charge is 2.24. The van der Waals surface area contributed by atoms with Gasteiger partial charge in [0.15, 0.2) is 5.16 Å². The van der Waals surface area contributed by atoms with Crippen LogP contribution >= 0.6 is 23.1 Å². The summed E-state index contributed by atoms with van der Waals surface area (Å²) in [6.07, 6.45) is 4.04. The van der Waals surface area contributed by atoms with Crippen molar-refractivity contribution in [2.24, 2.45) is 5.92 Å². The number of rotatable bonds is 4. The zero-order valence-electron chi connectivity index (χ0n) is 14.9. The molecule has 0 saturated heterocycles. The number of fused-ring (bicyclic) bond motifs is 3. The van der Waals surface area contributed by atoms with Crippen molar-refractivity contribution in [3.63, 3.8) is 0 Å². The van der Waals surface area contributed by atoms with Crippen LogP contribution in [0, 0.1) is 23.1 Å². The number of thiophene rings is 1. The molecule has 0 radical (unpaired) electrons. The molecule has 4 nitrogen and oxygen atoms in total. The molecule has 0 N–H and O–H groups in total. The molecule has 2 heterocycles. The third-order valence-electron chi connectivity index (χ3n) is 4.73. The topological polar surface area (TPSA) is 58.7 Å². The summed E-state index contributed by atoms with van der Waals surface area (Å²) >= 11 is 2.91. The fraction of sp³-hybridized carbons (Fsp3) is 0.350.